The highest BCUT2D eigenvalue weighted by molar-refractivity contribution is 5.86. The van der Waals surface area contributed by atoms with Gasteiger partial charge in [0.15, 0.2) is 0 Å². The Labute approximate surface area is 173 Å². The number of carbonyl (C=O) groups excluding carboxylic acids is 4. The molecule has 0 aliphatic rings. The van der Waals surface area contributed by atoms with Crippen LogP contribution in [0.2, 0.25) is 0 Å². The first-order chi connectivity index (χ1) is 13.2. The number of hydrogen-bond donors (Lipinski definition) is 2. The molecule has 1 atom stereocenters. The lowest BCUT2D eigenvalue weighted by Crippen LogP contribution is -2.49. The van der Waals surface area contributed by atoms with Crippen molar-refractivity contribution in [3.63, 3.8) is 0 Å². The first kappa shape index (κ1) is 26.7. The Balaban J connectivity index is 4.76. The summed E-state index contributed by atoms with van der Waals surface area (Å²) in [4.78, 5) is 48.0. The summed E-state index contributed by atoms with van der Waals surface area (Å²) in [6.45, 7) is 12.2. The van der Waals surface area contributed by atoms with Crippen LogP contribution in [0.3, 0.4) is 0 Å². The van der Waals surface area contributed by atoms with Crippen molar-refractivity contribution in [2.75, 3.05) is 13.2 Å². The van der Waals surface area contributed by atoms with E-state index in [0.29, 0.717) is 0 Å². The zero-order valence-corrected chi connectivity index (χ0v) is 18.7. The molecule has 0 saturated carbocycles. The Bertz CT molecular complexity index is 562. The number of nitrogens with one attached hydrogen (secondary N) is 2. The number of urea groups is 1. The van der Waals surface area contributed by atoms with Gasteiger partial charge in [-0.25, -0.2) is 9.59 Å². The molecule has 0 heterocycles. The summed E-state index contributed by atoms with van der Waals surface area (Å²) in [6, 6.07) is -1.81. The monoisotopic (exact) mass is 416 g/mol. The van der Waals surface area contributed by atoms with Gasteiger partial charge in [0, 0.05) is 6.42 Å². The molecule has 0 saturated heterocycles. The van der Waals surface area contributed by atoms with Crippen LogP contribution < -0.4 is 10.6 Å². The lowest BCUT2D eigenvalue weighted by atomic mass is 10.1. The molecule has 0 aliphatic heterocycles. The van der Waals surface area contributed by atoms with Gasteiger partial charge in [-0.2, -0.15) is 0 Å². The van der Waals surface area contributed by atoms with E-state index in [1.165, 1.54) is 0 Å². The van der Waals surface area contributed by atoms with Gasteiger partial charge >= 0.3 is 23.9 Å². The molecular formula is C20H36N2O7. The van der Waals surface area contributed by atoms with Crippen molar-refractivity contribution >= 4 is 23.9 Å². The maximum absolute atomic E-state index is 12.4. The van der Waals surface area contributed by atoms with E-state index in [2.05, 4.69) is 10.6 Å². The zero-order chi connectivity index (χ0) is 22.7. The van der Waals surface area contributed by atoms with Gasteiger partial charge in [0.25, 0.3) is 0 Å². The molecule has 0 aliphatic carbocycles. The quantitative estimate of drug-likeness (QED) is 0.319. The molecule has 29 heavy (non-hydrogen) atoms. The van der Waals surface area contributed by atoms with Crippen molar-refractivity contribution < 1.29 is 33.4 Å². The average molecular weight is 417 g/mol. The van der Waals surface area contributed by atoms with Gasteiger partial charge < -0.3 is 24.8 Å². The van der Waals surface area contributed by atoms with Crippen LogP contribution in [0.15, 0.2) is 0 Å². The standard InChI is InChI=1S/C20H36N2O7/c1-8-9-12-27-16(24)13-21-18(26)22-14(17(25)29-20(5,6)7)10-11-15(23)28-19(2,3)4/h14H,8-13H2,1-7H3,(H2,21,22,26)/t14-/m0/s1. The number of unbranched alkanes of at least 4 members (excludes halogenated alkanes) is 1. The lowest BCUT2D eigenvalue weighted by Gasteiger charge is -2.25. The Hall–Kier alpha value is -2.32. The van der Waals surface area contributed by atoms with Crippen molar-refractivity contribution in [1.82, 2.24) is 10.6 Å². The number of rotatable bonds is 10. The Morgan fingerprint density at radius 1 is 0.897 bits per heavy atom. The number of carbonyl (C=O) groups is 4. The van der Waals surface area contributed by atoms with Gasteiger partial charge in [0.05, 0.1) is 6.61 Å². The van der Waals surface area contributed by atoms with Gasteiger partial charge in [-0.1, -0.05) is 13.3 Å². The molecule has 9 heteroatoms. The third-order valence-corrected chi connectivity index (χ3v) is 3.21. The molecule has 0 aromatic carbocycles. The molecule has 0 unspecified atom stereocenters. The molecule has 0 aromatic heterocycles. The minimum absolute atomic E-state index is 0.00179. The molecule has 0 fully saturated rings. The molecule has 0 rings (SSSR count). The first-order valence-corrected chi connectivity index (χ1v) is 9.88. The first-order valence-electron chi connectivity index (χ1n) is 9.88. The minimum Gasteiger partial charge on any atom is -0.464 e. The predicted octanol–water partition coefficient (Wildman–Crippen LogP) is 2.46. The molecule has 0 radical (unpaired) electrons. The van der Waals surface area contributed by atoms with Gasteiger partial charge in [0.1, 0.15) is 23.8 Å². The second-order valence-electron chi connectivity index (χ2n) is 8.61. The smallest absolute Gasteiger partial charge is 0.329 e. The van der Waals surface area contributed by atoms with Gasteiger partial charge in [-0.05, 0) is 54.4 Å². The minimum atomic E-state index is -1.07. The van der Waals surface area contributed by atoms with E-state index in [1.807, 2.05) is 6.92 Å². The zero-order valence-electron chi connectivity index (χ0n) is 18.7. The van der Waals surface area contributed by atoms with Crippen LogP contribution in [0.25, 0.3) is 0 Å². The van der Waals surface area contributed by atoms with E-state index in [4.69, 9.17) is 14.2 Å². The molecule has 168 valence electrons. The average Bonchev–Trinajstić information content (AvgIpc) is 2.53. The van der Waals surface area contributed by atoms with Crippen molar-refractivity contribution in [2.24, 2.45) is 0 Å². The second kappa shape index (κ2) is 12.3. The maximum atomic E-state index is 12.4. The van der Waals surface area contributed by atoms with Gasteiger partial charge in [-0.3, -0.25) is 9.59 Å². The van der Waals surface area contributed by atoms with E-state index < -0.39 is 41.2 Å². The third-order valence-electron chi connectivity index (χ3n) is 3.21. The normalized spacial score (nSPS) is 12.5. The summed E-state index contributed by atoms with van der Waals surface area (Å²) in [5, 5.41) is 4.77. The highest BCUT2D eigenvalue weighted by atomic mass is 16.6. The van der Waals surface area contributed by atoms with Crippen LogP contribution in [0.5, 0.6) is 0 Å². The van der Waals surface area contributed by atoms with Crippen LogP contribution in [0, 0.1) is 0 Å². The van der Waals surface area contributed by atoms with E-state index in [9.17, 15) is 19.2 Å². The van der Waals surface area contributed by atoms with Crippen LogP contribution in [-0.2, 0) is 28.6 Å². The van der Waals surface area contributed by atoms with Crippen molar-refractivity contribution in [1.29, 1.82) is 0 Å². The Morgan fingerprint density at radius 2 is 1.48 bits per heavy atom. The molecule has 2 N–H and O–H groups in total. The molecule has 9 nitrogen and oxygen atoms in total. The van der Waals surface area contributed by atoms with Crippen LogP contribution in [0.1, 0.15) is 74.1 Å². The van der Waals surface area contributed by atoms with Crippen molar-refractivity contribution in [3.8, 4) is 0 Å². The number of hydrogen-bond acceptors (Lipinski definition) is 7. The third kappa shape index (κ3) is 15.3. The topological polar surface area (TPSA) is 120 Å². The second-order valence-corrected chi connectivity index (χ2v) is 8.61. The fraction of sp³-hybridized carbons (Fsp3) is 0.800. The largest absolute Gasteiger partial charge is 0.464 e. The van der Waals surface area contributed by atoms with E-state index in [0.717, 1.165) is 12.8 Å². The number of amides is 2. The van der Waals surface area contributed by atoms with Crippen LogP contribution in [-0.4, -0.2) is 54.3 Å². The fourth-order valence-electron chi connectivity index (χ4n) is 2.02. The summed E-state index contributed by atoms with van der Waals surface area (Å²) in [7, 11) is 0. The highest BCUT2D eigenvalue weighted by Crippen LogP contribution is 2.13. The molecule has 2 amide bonds. The number of ether oxygens (including phenoxy) is 3. The van der Waals surface area contributed by atoms with Crippen LogP contribution in [0.4, 0.5) is 4.79 Å². The molecule has 0 aromatic rings. The fourth-order valence-corrected chi connectivity index (χ4v) is 2.02. The van der Waals surface area contributed by atoms with E-state index >= 15 is 0 Å². The summed E-state index contributed by atoms with van der Waals surface area (Å²) in [6.07, 6.45) is 1.54. The van der Waals surface area contributed by atoms with Gasteiger partial charge in [0.2, 0.25) is 0 Å². The van der Waals surface area contributed by atoms with E-state index in [-0.39, 0.29) is 26.0 Å². The molecular weight excluding hydrogens is 380 g/mol. The van der Waals surface area contributed by atoms with Crippen molar-refractivity contribution in [3.05, 3.63) is 0 Å². The van der Waals surface area contributed by atoms with Crippen molar-refractivity contribution in [2.45, 2.75) is 91.4 Å². The predicted molar refractivity (Wildman–Crippen MR) is 107 cm³/mol. The highest BCUT2D eigenvalue weighted by Gasteiger charge is 2.28. The summed E-state index contributed by atoms with van der Waals surface area (Å²) in [5.74, 6) is -1.74. The van der Waals surface area contributed by atoms with Crippen LogP contribution >= 0.6 is 0 Å². The lowest BCUT2D eigenvalue weighted by molar-refractivity contribution is -0.158. The SMILES string of the molecule is CCCCOC(=O)CNC(=O)N[C@@H](CCC(=O)OC(C)(C)C)C(=O)OC(C)(C)C. The van der Waals surface area contributed by atoms with E-state index in [1.54, 1.807) is 41.5 Å². The Kier molecular flexibility index (Phi) is 11.3. The summed E-state index contributed by atoms with van der Waals surface area (Å²) >= 11 is 0. The van der Waals surface area contributed by atoms with Gasteiger partial charge in [-0.15, -0.1) is 0 Å². The molecule has 0 spiro atoms. The Morgan fingerprint density at radius 3 is 2.00 bits per heavy atom. The molecule has 0 bridgehead atoms. The maximum Gasteiger partial charge on any atom is 0.329 e. The summed E-state index contributed by atoms with van der Waals surface area (Å²) in [5.41, 5.74) is -1.41. The summed E-state index contributed by atoms with van der Waals surface area (Å²) < 4.78 is 15.5. The number of esters is 3.